The number of hydrogen-bond acceptors (Lipinski definition) is 3. The van der Waals surface area contributed by atoms with Gasteiger partial charge in [0.15, 0.2) is 9.84 Å². The summed E-state index contributed by atoms with van der Waals surface area (Å²) in [6.45, 7) is 7.35. The van der Waals surface area contributed by atoms with Gasteiger partial charge in [0, 0.05) is 6.04 Å². The van der Waals surface area contributed by atoms with Crippen LogP contribution in [0.1, 0.15) is 59.3 Å². The molecule has 0 radical (unpaired) electrons. The highest BCUT2D eigenvalue weighted by Crippen LogP contribution is 2.26. The second-order valence-electron chi connectivity index (χ2n) is 5.69. The van der Waals surface area contributed by atoms with Crippen molar-refractivity contribution in [2.45, 2.75) is 70.6 Å². The van der Waals surface area contributed by atoms with E-state index in [1.165, 1.54) is 12.8 Å². The molecular weight excluding hydrogens is 246 g/mol. The molecule has 108 valence electrons. The van der Waals surface area contributed by atoms with Crippen molar-refractivity contribution in [1.82, 2.24) is 5.32 Å². The zero-order valence-corrected chi connectivity index (χ0v) is 12.9. The van der Waals surface area contributed by atoms with Gasteiger partial charge in [-0.05, 0) is 31.7 Å². The van der Waals surface area contributed by atoms with Crippen molar-refractivity contribution in [1.29, 1.82) is 0 Å². The molecule has 1 aliphatic rings. The second-order valence-corrected chi connectivity index (χ2v) is 8.03. The number of rotatable bonds is 7. The molecule has 1 saturated heterocycles. The Kier molecular flexibility index (Phi) is 6.64. The van der Waals surface area contributed by atoms with E-state index in [-0.39, 0.29) is 11.3 Å². The predicted molar refractivity (Wildman–Crippen MR) is 77.6 cm³/mol. The van der Waals surface area contributed by atoms with Gasteiger partial charge in [0.25, 0.3) is 0 Å². The lowest BCUT2D eigenvalue weighted by Crippen LogP contribution is -2.47. The van der Waals surface area contributed by atoms with Gasteiger partial charge in [-0.2, -0.15) is 0 Å². The highest BCUT2D eigenvalue weighted by Gasteiger charge is 2.35. The summed E-state index contributed by atoms with van der Waals surface area (Å²) in [7, 11) is -2.87. The Labute approximate surface area is 113 Å². The summed E-state index contributed by atoms with van der Waals surface area (Å²) in [6.07, 6.45) is 6.12. The van der Waals surface area contributed by atoms with E-state index < -0.39 is 9.84 Å². The Morgan fingerprint density at radius 2 is 2.00 bits per heavy atom. The van der Waals surface area contributed by atoms with Gasteiger partial charge in [0.2, 0.25) is 0 Å². The first-order valence-corrected chi connectivity index (χ1v) is 9.17. The van der Waals surface area contributed by atoms with Crippen LogP contribution in [-0.4, -0.2) is 32.0 Å². The minimum absolute atomic E-state index is 0.148. The summed E-state index contributed by atoms with van der Waals surface area (Å²) in [4.78, 5) is 0. The van der Waals surface area contributed by atoms with Gasteiger partial charge in [0.05, 0.1) is 11.0 Å². The Morgan fingerprint density at radius 1 is 1.28 bits per heavy atom. The minimum atomic E-state index is -2.87. The van der Waals surface area contributed by atoms with Crippen molar-refractivity contribution in [3.8, 4) is 0 Å². The Morgan fingerprint density at radius 3 is 2.56 bits per heavy atom. The van der Waals surface area contributed by atoms with Crippen LogP contribution in [0.3, 0.4) is 0 Å². The maximum Gasteiger partial charge on any atom is 0.154 e. The molecule has 18 heavy (non-hydrogen) atoms. The van der Waals surface area contributed by atoms with Crippen molar-refractivity contribution < 1.29 is 8.42 Å². The van der Waals surface area contributed by atoms with E-state index in [1.807, 2.05) is 0 Å². The summed E-state index contributed by atoms with van der Waals surface area (Å²) >= 11 is 0. The van der Waals surface area contributed by atoms with Crippen LogP contribution in [0.5, 0.6) is 0 Å². The van der Waals surface area contributed by atoms with E-state index in [0.29, 0.717) is 11.7 Å². The largest absolute Gasteiger partial charge is 0.313 e. The normalized spacial score (nSPS) is 26.7. The van der Waals surface area contributed by atoms with Crippen LogP contribution in [0.15, 0.2) is 0 Å². The molecule has 3 unspecified atom stereocenters. The van der Waals surface area contributed by atoms with Crippen LogP contribution in [0.4, 0.5) is 0 Å². The van der Waals surface area contributed by atoms with Crippen LogP contribution >= 0.6 is 0 Å². The maximum absolute atomic E-state index is 12.2. The monoisotopic (exact) mass is 275 g/mol. The molecule has 0 bridgehead atoms. The molecular formula is C14H29NO2S. The first-order valence-electron chi connectivity index (χ1n) is 7.46. The molecule has 0 aromatic carbocycles. The highest BCUT2D eigenvalue weighted by molar-refractivity contribution is 7.92. The van der Waals surface area contributed by atoms with Crippen molar-refractivity contribution in [2.75, 3.05) is 12.3 Å². The molecule has 0 spiro atoms. The van der Waals surface area contributed by atoms with Crippen molar-refractivity contribution in [3.05, 3.63) is 0 Å². The lowest BCUT2D eigenvalue weighted by atomic mass is 9.93. The molecule has 1 heterocycles. The molecule has 4 heteroatoms. The van der Waals surface area contributed by atoms with Crippen molar-refractivity contribution >= 4 is 9.84 Å². The molecule has 0 aliphatic carbocycles. The third-order valence-electron chi connectivity index (χ3n) is 3.98. The third kappa shape index (κ3) is 4.54. The van der Waals surface area contributed by atoms with Gasteiger partial charge < -0.3 is 5.32 Å². The summed E-state index contributed by atoms with van der Waals surface area (Å²) < 4.78 is 24.4. The van der Waals surface area contributed by atoms with Gasteiger partial charge in [-0.15, -0.1) is 0 Å². The fourth-order valence-electron chi connectivity index (χ4n) is 3.10. The Hall–Kier alpha value is -0.0900. The summed E-state index contributed by atoms with van der Waals surface area (Å²) in [5.41, 5.74) is 0. The smallest absolute Gasteiger partial charge is 0.154 e. The fraction of sp³-hybridized carbons (Fsp3) is 1.00. The van der Waals surface area contributed by atoms with Crippen LogP contribution in [0, 0.1) is 5.92 Å². The van der Waals surface area contributed by atoms with E-state index in [1.54, 1.807) is 0 Å². The van der Waals surface area contributed by atoms with Crippen molar-refractivity contribution in [2.24, 2.45) is 5.92 Å². The number of sulfone groups is 1. The van der Waals surface area contributed by atoms with Gasteiger partial charge >= 0.3 is 0 Å². The van der Waals surface area contributed by atoms with Gasteiger partial charge in [-0.25, -0.2) is 8.42 Å². The molecule has 1 aliphatic heterocycles. The summed E-state index contributed by atoms with van der Waals surface area (Å²) in [5, 5.41) is 3.27. The molecule has 0 saturated carbocycles. The fourth-order valence-corrected chi connectivity index (χ4v) is 5.25. The van der Waals surface area contributed by atoms with E-state index in [4.69, 9.17) is 0 Å². The van der Waals surface area contributed by atoms with Crippen LogP contribution < -0.4 is 5.32 Å². The summed E-state index contributed by atoms with van der Waals surface area (Å²) in [5.74, 6) is 0.998. The van der Waals surface area contributed by atoms with Crippen molar-refractivity contribution in [3.63, 3.8) is 0 Å². The molecule has 3 nitrogen and oxygen atoms in total. The van der Waals surface area contributed by atoms with Crippen LogP contribution in [-0.2, 0) is 9.84 Å². The highest BCUT2D eigenvalue weighted by atomic mass is 32.2. The Bertz CT molecular complexity index is 327. The quantitative estimate of drug-likeness (QED) is 0.777. The Balaban J connectivity index is 2.70. The van der Waals surface area contributed by atoms with Crippen LogP contribution in [0.25, 0.3) is 0 Å². The molecule has 1 N–H and O–H groups in total. The van der Waals surface area contributed by atoms with Crippen LogP contribution in [0.2, 0.25) is 0 Å². The van der Waals surface area contributed by atoms with E-state index in [2.05, 4.69) is 26.1 Å². The second kappa shape index (κ2) is 7.49. The average molecular weight is 275 g/mol. The summed E-state index contributed by atoms with van der Waals surface area (Å²) in [6, 6.07) is 0.154. The lowest BCUT2D eigenvalue weighted by Gasteiger charge is -2.32. The first-order chi connectivity index (χ1) is 8.51. The van der Waals surface area contributed by atoms with Gasteiger partial charge in [-0.1, -0.05) is 40.0 Å². The average Bonchev–Trinajstić information content (AvgIpc) is 2.28. The van der Waals surface area contributed by atoms with E-state index in [9.17, 15) is 8.42 Å². The van der Waals surface area contributed by atoms with E-state index >= 15 is 0 Å². The topological polar surface area (TPSA) is 46.2 Å². The third-order valence-corrected chi connectivity index (χ3v) is 6.33. The van der Waals surface area contributed by atoms with Gasteiger partial charge in [0.1, 0.15) is 0 Å². The molecule has 1 rings (SSSR count). The predicted octanol–water partition coefficient (Wildman–Crippen LogP) is 2.76. The zero-order chi connectivity index (χ0) is 13.6. The first kappa shape index (κ1) is 16.0. The minimum Gasteiger partial charge on any atom is -0.313 e. The number of hydrogen-bond donors (Lipinski definition) is 1. The molecule has 0 aromatic heterocycles. The zero-order valence-electron chi connectivity index (χ0n) is 12.1. The maximum atomic E-state index is 12.2. The SMILES string of the molecule is CCCC(C)CC(NCC)C1CCCCS1(=O)=O. The van der Waals surface area contributed by atoms with Gasteiger partial charge in [-0.3, -0.25) is 0 Å². The molecule has 0 amide bonds. The standard InChI is InChI=1S/C14H29NO2S/c1-4-8-12(3)11-13(15-5-2)14-9-6-7-10-18(14,16)17/h12-15H,4-11H2,1-3H3. The molecule has 3 atom stereocenters. The lowest BCUT2D eigenvalue weighted by molar-refractivity contribution is 0.357. The molecule has 0 aromatic rings. The number of nitrogens with one attached hydrogen (secondary N) is 1. The molecule has 1 fully saturated rings. The van der Waals surface area contributed by atoms with E-state index in [0.717, 1.165) is 32.2 Å².